The first-order valence-electron chi connectivity index (χ1n) is 5.13. The molecule has 2 rings (SSSR count). The highest BCUT2D eigenvalue weighted by Crippen LogP contribution is 2.32. The lowest BCUT2D eigenvalue weighted by Gasteiger charge is -2.05. The second kappa shape index (κ2) is 5.01. The van der Waals surface area contributed by atoms with E-state index in [-0.39, 0.29) is 11.8 Å². The van der Waals surface area contributed by atoms with E-state index >= 15 is 0 Å². The van der Waals surface area contributed by atoms with Crippen LogP contribution in [-0.4, -0.2) is 24.2 Å². The maximum Gasteiger partial charge on any atom is 0.276 e. The van der Waals surface area contributed by atoms with E-state index in [4.69, 9.17) is 27.4 Å². The maximum absolute atomic E-state index is 10.7. The molecule has 0 radical (unpaired) electrons. The number of amides is 1. The number of rotatable bonds is 3. The third-order valence-corrected chi connectivity index (χ3v) is 2.71. The average Bonchev–Trinajstić information content (AvgIpc) is 2.75. The first-order valence-corrected chi connectivity index (χ1v) is 5.54. The molecular weight excluding hydrogens is 240 g/mol. The topological polar surface area (TPSA) is 73.6 Å². The zero-order valence-corrected chi connectivity index (χ0v) is 9.88. The second-order valence-electron chi connectivity index (χ2n) is 3.56. The van der Waals surface area contributed by atoms with Gasteiger partial charge in [0.2, 0.25) is 6.79 Å². The normalized spacial score (nSPS) is 12.2. The predicted molar refractivity (Wildman–Crippen MR) is 66.1 cm³/mol. The minimum atomic E-state index is -0.606. The van der Waals surface area contributed by atoms with Gasteiger partial charge in [0.05, 0.1) is 0 Å². The van der Waals surface area contributed by atoms with Crippen LogP contribution >= 0.6 is 12.2 Å². The van der Waals surface area contributed by atoms with Gasteiger partial charge in [0.25, 0.3) is 5.91 Å². The van der Waals surface area contributed by atoms with Crippen LogP contribution in [0, 0.1) is 0 Å². The molecule has 0 fully saturated rings. The van der Waals surface area contributed by atoms with Crippen LogP contribution in [0.15, 0.2) is 18.2 Å². The van der Waals surface area contributed by atoms with Gasteiger partial charge in [0, 0.05) is 6.54 Å². The van der Waals surface area contributed by atoms with Crippen molar-refractivity contribution in [2.45, 2.75) is 6.42 Å². The van der Waals surface area contributed by atoms with Crippen LogP contribution in [-0.2, 0) is 11.2 Å². The Morgan fingerprint density at radius 3 is 2.94 bits per heavy atom. The molecule has 90 valence electrons. The number of fused-ring (bicyclic) bond motifs is 1. The van der Waals surface area contributed by atoms with Gasteiger partial charge in [0.15, 0.2) is 16.5 Å². The molecule has 0 saturated carbocycles. The van der Waals surface area contributed by atoms with Crippen LogP contribution in [0.3, 0.4) is 0 Å². The third kappa shape index (κ3) is 2.85. The van der Waals surface area contributed by atoms with Crippen LogP contribution in [0.4, 0.5) is 0 Å². The molecule has 1 heterocycles. The smallest absolute Gasteiger partial charge is 0.276 e. The van der Waals surface area contributed by atoms with Gasteiger partial charge < -0.3 is 20.5 Å². The Labute approximate surface area is 104 Å². The predicted octanol–water partition coefficient (Wildman–Crippen LogP) is 0.360. The molecule has 1 aliphatic rings. The number of hydrogen-bond donors (Lipinski definition) is 2. The summed E-state index contributed by atoms with van der Waals surface area (Å²) in [5.41, 5.74) is 6.09. The molecule has 0 saturated heterocycles. The first-order chi connectivity index (χ1) is 8.16. The van der Waals surface area contributed by atoms with Crippen LogP contribution < -0.4 is 20.5 Å². The van der Waals surface area contributed by atoms with E-state index in [2.05, 4.69) is 5.32 Å². The molecule has 0 aliphatic carbocycles. The molecule has 17 heavy (non-hydrogen) atoms. The molecular formula is C11H12N2O3S. The summed E-state index contributed by atoms with van der Waals surface area (Å²) in [7, 11) is 0. The van der Waals surface area contributed by atoms with Crippen molar-refractivity contribution in [3.8, 4) is 11.5 Å². The van der Waals surface area contributed by atoms with Crippen LogP contribution in [0.5, 0.6) is 11.5 Å². The van der Waals surface area contributed by atoms with E-state index in [0.717, 1.165) is 23.5 Å². The molecule has 0 bridgehead atoms. The number of hydrogen-bond acceptors (Lipinski definition) is 4. The van der Waals surface area contributed by atoms with Gasteiger partial charge >= 0.3 is 0 Å². The number of ether oxygens (including phenoxy) is 2. The van der Waals surface area contributed by atoms with Crippen molar-refractivity contribution < 1.29 is 14.3 Å². The molecule has 1 aliphatic heterocycles. The van der Waals surface area contributed by atoms with Crippen LogP contribution in [0.25, 0.3) is 0 Å². The van der Waals surface area contributed by atoms with Crippen molar-refractivity contribution in [2.75, 3.05) is 13.3 Å². The summed E-state index contributed by atoms with van der Waals surface area (Å²) in [6.45, 7) is 0.824. The van der Waals surface area contributed by atoms with Gasteiger partial charge in [-0.3, -0.25) is 4.79 Å². The summed E-state index contributed by atoms with van der Waals surface area (Å²) in [5.74, 6) is 0.903. The van der Waals surface area contributed by atoms with Gasteiger partial charge in [-0.2, -0.15) is 0 Å². The number of nitrogens with one attached hydrogen (secondary N) is 1. The van der Waals surface area contributed by atoms with E-state index in [0.29, 0.717) is 6.54 Å². The zero-order chi connectivity index (χ0) is 12.3. The molecule has 6 heteroatoms. The number of thiocarbonyl (C=S) groups is 1. The lowest BCUT2D eigenvalue weighted by molar-refractivity contribution is -0.112. The van der Waals surface area contributed by atoms with Crippen molar-refractivity contribution in [1.82, 2.24) is 5.32 Å². The van der Waals surface area contributed by atoms with E-state index in [1.54, 1.807) is 0 Å². The Bertz CT molecular complexity index is 462. The molecule has 1 aromatic rings. The molecule has 1 amide bonds. The van der Waals surface area contributed by atoms with Gasteiger partial charge in [-0.1, -0.05) is 18.3 Å². The quantitative estimate of drug-likeness (QED) is 0.760. The summed E-state index contributed by atoms with van der Waals surface area (Å²) in [6.07, 6.45) is 0.726. The molecule has 1 aromatic carbocycles. The number of benzene rings is 1. The minimum Gasteiger partial charge on any atom is -0.454 e. The number of nitrogens with two attached hydrogens (primary N) is 1. The summed E-state index contributed by atoms with van der Waals surface area (Å²) >= 11 is 4.74. The number of primary amides is 1. The SMILES string of the molecule is NC(=O)C(=S)NCCc1ccc2c(c1)OCO2. The van der Waals surface area contributed by atoms with Gasteiger partial charge in [-0.05, 0) is 24.1 Å². The molecule has 0 spiro atoms. The Hall–Kier alpha value is -1.82. The van der Waals surface area contributed by atoms with Crippen molar-refractivity contribution in [2.24, 2.45) is 5.73 Å². The zero-order valence-electron chi connectivity index (χ0n) is 9.06. The third-order valence-electron chi connectivity index (χ3n) is 2.36. The summed E-state index contributed by atoms with van der Waals surface area (Å²) in [4.78, 5) is 10.7. The van der Waals surface area contributed by atoms with Crippen molar-refractivity contribution in [3.63, 3.8) is 0 Å². The Morgan fingerprint density at radius 1 is 1.41 bits per heavy atom. The fourth-order valence-corrected chi connectivity index (χ4v) is 1.61. The number of carbonyl (C=O) groups is 1. The fourth-order valence-electron chi connectivity index (χ4n) is 1.50. The first kappa shape index (κ1) is 11.7. The molecule has 5 nitrogen and oxygen atoms in total. The molecule has 0 unspecified atom stereocenters. The lowest BCUT2D eigenvalue weighted by Crippen LogP contribution is -2.35. The Morgan fingerprint density at radius 2 is 2.18 bits per heavy atom. The molecule has 0 aromatic heterocycles. The fraction of sp³-hybridized carbons (Fsp3) is 0.273. The van der Waals surface area contributed by atoms with E-state index < -0.39 is 5.91 Å². The van der Waals surface area contributed by atoms with E-state index in [1.807, 2.05) is 18.2 Å². The minimum absolute atomic E-state index is 0.0609. The Balaban J connectivity index is 1.87. The largest absolute Gasteiger partial charge is 0.454 e. The van der Waals surface area contributed by atoms with Crippen molar-refractivity contribution in [1.29, 1.82) is 0 Å². The second-order valence-corrected chi connectivity index (χ2v) is 3.97. The van der Waals surface area contributed by atoms with Gasteiger partial charge in [-0.15, -0.1) is 0 Å². The van der Waals surface area contributed by atoms with E-state index in [9.17, 15) is 4.79 Å². The lowest BCUT2D eigenvalue weighted by atomic mass is 10.1. The summed E-state index contributed by atoms with van der Waals surface area (Å²) < 4.78 is 10.5. The van der Waals surface area contributed by atoms with Gasteiger partial charge in [-0.25, -0.2) is 0 Å². The highest BCUT2D eigenvalue weighted by molar-refractivity contribution is 7.82. The highest BCUT2D eigenvalue weighted by atomic mass is 32.1. The highest BCUT2D eigenvalue weighted by Gasteiger charge is 2.13. The van der Waals surface area contributed by atoms with Crippen LogP contribution in [0.2, 0.25) is 0 Å². The summed E-state index contributed by atoms with van der Waals surface area (Å²) in [6, 6.07) is 5.73. The number of carbonyl (C=O) groups excluding carboxylic acids is 1. The van der Waals surface area contributed by atoms with Gasteiger partial charge in [0.1, 0.15) is 0 Å². The van der Waals surface area contributed by atoms with Crippen molar-refractivity contribution in [3.05, 3.63) is 23.8 Å². The molecule has 3 N–H and O–H groups in total. The monoisotopic (exact) mass is 252 g/mol. The summed E-state index contributed by atoms with van der Waals surface area (Å²) in [5, 5.41) is 2.78. The maximum atomic E-state index is 10.7. The standard InChI is InChI=1S/C11H12N2O3S/c12-10(14)11(17)13-4-3-7-1-2-8-9(5-7)16-6-15-8/h1-2,5H,3-4,6H2,(H2,12,14)(H,13,17). The van der Waals surface area contributed by atoms with Crippen LogP contribution in [0.1, 0.15) is 5.56 Å². The Kier molecular flexibility index (Phi) is 3.43. The average molecular weight is 252 g/mol. The van der Waals surface area contributed by atoms with E-state index in [1.165, 1.54) is 0 Å². The molecule has 0 atom stereocenters. The van der Waals surface area contributed by atoms with Crippen molar-refractivity contribution >= 4 is 23.1 Å².